The number of rotatable bonds is 5. The molecule has 0 amide bonds. The molecule has 3 heterocycles. The maximum atomic E-state index is 5.23. The van der Waals surface area contributed by atoms with Gasteiger partial charge in [0, 0.05) is 49.3 Å². The van der Waals surface area contributed by atoms with Crippen molar-refractivity contribution < 1.29 is 0 Å². The first kappa shape index (κ1) is 34.5. The third-order valence-electron chi connectivity index (χ3n) is 12.5. The average molecular weight is 790 g/mol. The van der Waals surface area contributed by atoms with E-state index in [0.717, 1.165) is 55.3 Å². The first-order valence-electron chi connectivity index (χ1n) is 21.0. The Hall–Kier alpha value is -8.41. The van der Waals surface area contributed by atoms with E-state index in [1.165, 1.54) is 48.7 Å². The summed E-state index contributed by atoms with van der Waals surface area (Å²) in [5.74, 6) is 1.91. The molecule has 0 atom stereocenters. The Morgan fingerprint density at radius 3 is 1.66 bits per heavy atom. The molecule has 62 heavy (non-hydrogen) atoms. The van der Waals surface area contributed by atoms with Crippen LogP contribution in [0.4, 0.5) is 0 Å². The molecule has 0 radical (unpaired) electrons. The van der Waals surface area contributed by atoms with Crippen molar-refractivity contribution in [2.45, 2.75) is 0 Å². The standard InChI is InChI=1S/C57H35N5/c1-3-16-37(17-4-1)55-58-56(41-30-29-36-15-7-8-18-38(36)31-41)60-57(59-55)46-26-13-25-44-43(46)24-14-28-51(44)62-50-27-12-11-23-45(50)48-34-49-47-32-39-19-9-10-20-40(39)33-52(47)61(53(49)35-54(48)62)42-21-5-2-6-22-42/h1-35H. The van der Waals surface area contributed by atoms with Crippen LogP contribution in [0.15, 0.2) is 212 Å². The third-order valence-corrected chi connectivity index (χ3v) is 12.5. The van der Waals surface area contributed by atoms with E-state index in [4.69, 9.17) is 15.0 Å². The van der Waals surface area contributed by atoms with Gasteiger partial charge in [-0.15, -0.1) is 0 Å². The van der Waals surface area contributed by atoms with Crippen molar-refractivity contribution in [3.05, 3.63) is 212 Å². The molecule has 5 heteroatoms. The van der Waals surface area contributed by atoms with Crippen molar-refractivity contribution in [3.8, 4) is 45.5 Å². The topological polar surface area (TPSA) is 48.5 Å². The van der Waals surface area contributed by atoms with Crippen molar-refractivity contribution in [1.29, 1.82) is 0 Å². The molecule has 0 saturated heterocycles. The Labute approximate surface area is 356 Å². The summed E-state index contributed by atoms with van der Waals surface area (Å²) in [6.07, 6.45) is 0. The number of aromatic nitrogens is 5. The molecule has 0 fully saturated rings. The summed E-state index contributed by atoms with van der Waals surface area (Å²) in [6.45, 7) is 0. The van der Waals surface area contributed by atoms with Gasteiger partial charge in [0.1, 0.15) is 0 Å². The van der Waals surface area contributed by atoms with Gasteiger partial charge < -0.3 is 9.13 Å². The van der Waals surface area contributed by atoms with Crippen LogP contribution in [0.2, 0.25) is 0 Å². The van der Waals surface area contributed by atoms with Gasteiger partial charge in [-0.05, 0) is 81.5 Å². The molecule has 0 N–H and O–H groups in total. The smallest absolute Gasteiger partial charge is 0.164 e. The number of fused-ring (bicyclic) bond motifs is 9. The van der Waals surface area contributed by atoms with Crippen LogP contribution in [0.3, 0.4) is 0 Å². The Balaban J connectivity index is 1.07. The number of nitrogens with zero attached hydrogens (tertiary/aromatic N) is 5. The summed E-state index contributed by atoms with van der Waals surface area (Å²) in [5, 5.41) is 11.9. The minimum atomic E-state index is 0.633. The lowest BCUT2D eigenvalue weighted by molar-refractivity contribution is 1.08. The minimum Gasteiger partial charge on any atom is -0.309 e. The van der Waals surface area contributed by atoms with Crippen LogP contribution in [0.5, 0.6) is 0 Å². The van der Waals surface area contributed by atoms with Gasteiger partial charge in [0.25, 0.3) is 0 Å². The molecule has 13 rings (SSSR count). The largest absolute Gasteiger partial charge is 0.309 e. The highest BCUT2D eigenvalue weighted by molar-refractivity contribution is 6.21. The van der Waals surface area contributed by atoms with Crippen molar-refractivity contribution in [2.75, 3.05) is 0 Å². The van der Waals surface area contributed by atoms with Crippen molar-refractivity contribution in [3.63, 3.8) is 0 Å². The number of para-hydroxylation sites is 2. The van der Waals surface area contributed by atoms with Crippen molar-refractivity contribution in [2.24, 2.45) is 0 Å². The molecule has 0 saturated carbocycles. The van der Waals surface area contributed by atoms with E-state index in [1.807, 2.05) is 18.2 Å². The zero-order valence-electron chi connectivity index (χ0n) is 33.4. The Kier molecular flexibility index (Phi) is 7.54. The number of hydrogen-bond donors (Lipinski definition) is 0. The zero-order chi connectivity index (χ0) is 40.7. The maximum absolute atomic E-state index is 5.23. The zero-order valence-corrected chi connectivity index (χ0v) is 33.4. The lowest BCUT2D eigenvalue weighted by Gasteiger charge is -2.15. The molecular formula is C57H35N5. The molecule has 0 unspecified atom stereocenters. The molecule has 3 aromatic heterocycles. The minimum absolute atomic E-state index is 0.633. The summed E-state index contributed by atoms with van der Waals surface area (Å²) in [6, 6.07) is 75.8. The molecule has 13 aromatic rings. The Morgan fingerprint density at radius 1 is 0.274 bits per heavy atom. The lowest BCUT2D eigenvalue weighted by atomic mass is 10.0. The van der Waals surface area contributed by atoms with E-state index < -0.39 is 0 Å². The summed E-state index contributed by atoms with van der Waals surface area (Å²) in [4.78, 5) is 15.5. The van der Waals surface area contributed by atoms with Gasteiger partial charge >= 0.3 is 0 Å². The second kappa shape index (κ2) is 13.6. The van der Waals surface area contributed by atoms with Gasteiger partial charge in [-0.1, -0.05) is 158 Å². The normalized spacial score (nSPS) is 11.9. The van der Waals surface area contributed by atoms with Gasteiger partial charge in [-0.2, -0.15) is 0 Å². The third kappa shape index (κ3) is 5.32. The summed E-state index contributed by atoms with van der Waals surface area (Å²) in [7, 11) is 0. The predicted molar refractivity (Wildman–Crippen MR) is 257 cm³/mol. The van der Waals surface area contributed by atoms with E-state index in [-0.39, 0.29) is 0 Å². The highest BCUT2D eigenvalue weighted by Gasteiger charge is 2.21. The molecule has 0 spiro atoms. The van der Waals surface area contributed by atoms with Crippen LogP contribution >= 0.6 is 0 Å². The molecule has 10 aromatic carbocycles. The van der Waals surface area contributed by atoms with Crippen molar-refractivity contribution in [1.82, 2.24) is 24.1 Å². The maximum Gasteiger partial charge on any atom is 0.164 e. The van der Waals surface area contributed by atoms with E-state index in [0.29, 0.717) is 17.5 Å². The summed E-state index contributed by atoms with van der Waals surface area (Å²) >= 11 is 0. The number of benzene rings is 10. The van der Waals surface area contributed by atoms with Crippen LogP contribution in [0.25, 0.3) is 121 Å². The summed E-state index contributed by atoms with van der Waals surface area (Å²) < 4.78 is 4.88. The molecule has 0 aliphatic rings. The molecule has 0 bridgehead atoms. The molecular weight excluding hydrogens is 755 g/mol. The fourth-order valence-electron chi connectivity index (χ4n) is 9.63. The second-order valence-corrected chi connectivity index (χ2v) is 16.0. The van der Waals surface area contributed by atoms with Gasteiger partial charge in [0.05, 0.1) is 27.8 Å². The number of hydrogen-bond acceptors (Lipinski definition) is 3. The van der Waals surface area contributed by atoms with E-state index in [1.54, 1.807) is 0 Å². The van der Waals surface area contributed by atoms with Gasteiger partial charge in [0.15, 0.2) is 17.5 Å². The average Bonchev–Trinajstić information content (AvgIpc) is 3.83. The van der Waals surface area contributed by atoms with Crippen LogP contribution in [-0.4, -0.2) is 24.1 Å². The highest BCUT2D eigenvalue weighted by atomic mass is 15.0. The Bertz CT molecular complexity index is 3920. The highest BCUT2D eigenvalue weighted by Crippen LogP contribution is 2.42. The van der Waals surface area contributed by atoms with Crippen LogP contribution in [-0.2, 0) is 0 Å². The van der Waals surface area contributed by atoms with E-state index in [9.17, 15) is 0 Å². The molecule has 0 aliphatic heterocycles. The van der Waals surface area contributed by atoms with Gasteiger partial charge in [0.2, 0.25) is 0 Å². The van der Waals surface area contributed by atoms with E-state index in [2.05, 4.69) is 203 Å². The quantitative estimate of drug-likeness (QED) is 0.174. The first-order chi connectivity index (χ1) is 30.7. The Morgan fingerprint density at radius 2 is 0.839 bits per heavy atom. The summed E-state index contributed by atoms with van der Waals surface area (Å²) in [5.41, 5.74) is 9.72. The van der Waals surface area contributed by atoms with Gasteiger partial charge in [-0.25, -0.2) is 15.0 Å². The molecule has 288 valence electrons. The van der Waals surface area contributed by atoms with Crippen LogP contribution < -0.4 is 0 Å². The predicted octanol–water partition coefficient (Wildman–Crippen LogP) is 14.5. The second-order valence-electron chi connectivity index (χ2n) is 16.0. The monoisotopic (exact) mass is 789 g/mol. The SMILES string of the molecule is c1ccc(-c2nc(-c3ccc4ccccc4c3)nc(-c3cccc4c(-n5c6ccccc6c6cc7c8cc9ccccc9cc8n(-c8ccccc8)c7cc65)cccc34)n2)cc1. The van der Waals surface area contributed by atoms with Crippen LogP contribution in [0, 0.1) is 0 Å². The first-order valence-corrected chi connectivity index (χ1v) is 21.0. The lowest BCUT2D eigenvalue weighted by Crippen LogP contribution is -2.01. The fourth-order valence-corrected chi connectivity index (χ4v) is 9.63. The molecule has 0 aliphatic carbocycles. The molecule has 5 nitrogen and oxygen atoms in total. The van der Waals surface area contributed by atoms with Crippen molar-refractivity contribution >= 4 is 75.9 Å². The fraction of sp³-hybridized carbons (Fsp3) is 0. The van der Waals surface area contributed by atoms with Crippen LogP contribution in [0.1, 0.15) is 0 Å². The van der Waals surface area contributed by atoms with E-state index >= 15 is 0 Å². The van der Waals surface area contributed by atoms with Gasteiger partial charge in [-0.3, -0.25) is 0 Å².